The van der Waals surface area contributed by atoms with Gasteiger partial charge in [0.2, 0.25) is 0 Å². The molecule has 0 amide bonds. The van der Waals surface area contributed by atoms with E-state index in [2.05, 4.69) is 51.9 Å². The SMILES string of the molecule is C[C@@H](CCn1cc(B2OC(C)(C)C(C)(C)O2)cn1)OCCCOCc1ccccc1. The van der Waals surface area contributed by atoms with E-state index in [0.717, 1.165) is 24.8 Å². The first-order valence-electron chi connectivity index (χ1n) is 10.9. The van der Waals surface area contributed by atoms with Crippen molar-refractivity contribution < 1.29 is 18.8 Å². The van der Waals surface area contributed by atoms with Gasteiger partial charge in [0.25, 0.3) is 0 Å². The lowest BCUT2D eigenvalue weighted by Crippen LogP contribution is -2.41. The Morgan fingerprint density at radius 2 is 1.77 bits per heavy atom. The maximum absolute atomic E-state index is 6.09. The molecule has 0 spiro atoms. The van der Waals surface area contributed by atoms with Gasteiger partial charge in [0, 0.05) is 37.6 Å². The van der Waals surface area contributed by atoms with Crippen molar-refractivity contribution in [3.05, 3.63) is 48.3 Å². The van der Waals surface area contributed by atoms with Crippen LogP contribution in [0.25, 0.3) is 0 Å². The van der Waals surface area contributed by atoms with Crippen LogP contribution in [0.15, 0.2) is 42.7 Å². The predicted molar refractivity (Wildman–Crippen MR) is 119 cm³/mol. The minimum atomic E-state index is -0.367. The van der Waals surface area contributed by atoms with Crippen LogP contribution in [-0.2, 0) is 31.9 Å². The Balaban J connectivity index is 1.30. The lowest BCUT2D eigenvalue weighted by atomic mass is 9.82. The van der Waals surface area contributed by atoms with E-state index < -0.39 is 0 Å². The number of aromatic nitrogens is 2. The van der Waals surface area contributed by atoms with E-state index in [4.69, 9.17) is 18.8 Å². The third-order valence-corrected chi connectivity index (χ3v) is 5.89. The van der Waals surface area contributed by atoms with Crippen LogP contribution < -0.4 is 5.46 Å². The molecule has 1 fully saturated rings. The molecule has 0 bridgehead atoms. The van der Waals surface area contributed by atoms with Gasteiger partial charge in [-0.1, -0.05) is 30.3 Å². The highest BCUT2D eigenvalue weighted by molar-refractivity contribution is 6.61. The minimum absolute atomic E-state index is 0.170. The van der Waals surface area contributed by atoms with Gasteiger partial charge < -0.3 is 18.8 Å². The van der Waals surface area contributed by atoms with E-state index in [-0.39, 0.29) is 24.4 Å². The zero-order valence-corrected chi connectivity index (χ0v) is 19.0. The number of nitrogens with zero attached hydrogens (tertiary/aromatic N) is 2. The molecule has 2 aromatic rings. The van der Waals surface area contributed by atoms with Crippen LogP contribution in [0.5, 0.6) is 0 Å². The summed E-state index contributed by atoms with van der Waals surface area (Å²) < 4.78 is 25.7. The van der Waals surface area contributed by atoms with Crippen LogP contribution in [-0.4, -0.2) is 47.4 Å². The van der Waals surface area contributed by atoms with E-state index in [1.807, 2.05) is 35.3 Å². The first-order valence-corrected chi connectivity index (χ1v) is 10.9. The molecule has 0 saturated carbocycles. The van der Waals surface area contributed by atoms with E-state index in [1.54, 1.807) is 0 Å². The minimum Gasteiger partial charge on any atom is -0.399 e. The standard InChI is InChI=1S/C23H35BN2O4/c1-19(28-15-9-14-27-18-20-10-7-6-8-11-20)12-13-26-17-21(16-25-26)24-29-22(2,3)23(4,5)30-24/h6-8,10-11,16-17,19H,9,12-15,18H2,1-5H3/t19-/m0/s1. The molecule has 1 saturated heterocycles. The summed E-state index contributed by atoms with van der Waals surface area (Å²) >= 11 is 0. The Labute approximate surface area is 181 Å². The quantitative estimate of drug-likeness (QED) is 0.416. The van der Waals surface area contributed by atoms with E-state index in [0.29, 0.717) is 19.8 Å². The van der Waals surface area contributed by atoms with Crippen molar-refractivity contribution in [2.24, 2.45) is 0 Å². The van der Waals surface area contributed by atoms with Gasteiger partial charge >= 0.3 is 7.12 Å². The number of ether oxygens (including phenoxy) is 2. The lowest BCUT2D eigenvalue weighted by Gasteiger charge is -2.32. The molecule has 0 radical (unpaired) electrons. The van der Waals surface area contributed by atoms with Crippen molar-refractivity contribution in [2.45, 2.75) is 77.9 Å². The molecule has 2 heterocycles. The average Bonchev–Trinajstić information content (AvgIpc) is 3.25. The summed E-state index contributed by atoms with van der Waals surface area (Å²) in [7, 11) is -0.367. The number of hydrogen-bond acceptors (Lipinski definition) is 5. The summed E-state index contributed by atoms with van der Waals surface area (Å²) in [4.78, 5) is 0. The Morgan fingerprint density at radius 3 is 2.47 bits per heavy atom. The van der Waals surface area contributed by atoms with Crippen molar-refractivity contribution in [1.82, 2.24) is 9.78 Å². The summed E-state index contributed by atoms with van der Waals surface area (Å²) in [5.74, 6) is 0. The monoisotopic (exact) mass is 414 g/mol. The summed E-state index contributed by atoms with van der Waals surface area (Å²) in [5.41, 5.74) is 1.48. The summed E-state index contributed by atoms with van der Waals surface area (Å²) in [5, 5.41) is 4.46. The first-order chi connectivity index (χ1) is 14.3. The highest BCUT2D eigenvalue weighted by Crippen LogP contribution is 2.36. The van der Waals surface area contributed by atoms with Crippen molar-refractivity contribution in [3.8, 4) is 0 Å². The molecular weight excluding hydrogens is 379 g/mol. The first kappa shape index (κ1) is 23.0. The lowest BCUT2D eigenvalue weighted by molar-refractivity contribution is 0.00578. The second-order valence-electron chi connectivity index (χ2n) is 8.99. The van der Waals surface area contributed by atoms with Gasteiger partial charge in [-0.15, -0.1) is 0 Å². The summed E-state index contributed by atoms with van der Waals surface area (Å²) in [6.45, 7) is 13.2. The zero-order chi connectivity index (χ0) is 21.6. The summed E-state index contributed by atoms with van der Waals surface area (Å²) in [6, 6.07) is 10.2. The van der Waals surface area contributed by atoms with Crippen molar-refractivity contribution in [3.63, 3.8) is 0 Å². The third kappa shape index (κ3) is 6.17. The number of benzene rings is 1. The number of aryl methyl sites for hydroxylation is 1. The van der Waals surface area contributed by atoms with Crippen molar-refractivity contribution in [1.29, 1.82) is 0 Å². The van der Waals surface area contributed by atoms with Gasteiger partial charge in [-0.3, -0.25) is 4.68 Å². The fourth-order valence-corrected chi connectivity index (χ4v) is 3.21. The Bertz CT molecular complexity index is 763. The van der Waals surface area contributed by atoms with Crippen LogP contribution in [0.3, 0.4) is 0 Å². The average molecular weight is 414 g/mol. The Kier molecular flexibility index (Phi) is 7.74. The van der Waals surface area contributed by atoms with Crippen LogP contribution in [0.4, 0.5) is 0 Å². The molecule has 1 aliphatic rings. The third-order valence-electron chi connectivity index (χ3n) is 5.89. The van der Waals surface area contributed by atoms with Gasteiger partial charge in [-0.25, -0.2) is 0 Å². The maximum atomic E-state index is 6.09. The molecule has 1 aromatic heterocycles. The smallest absolute Gasteiger partial charge is 0.399 e. The molecule has 1 aromatic carbocycles. The molecular formula is C23H35BN2O4. The van der Waals surface area contributed by atoms with Crippen LogP contribution >= 0.6 is 0 Å². The van der Waals surface area contributed by atoms with Gasteiger partial charge in [-0.2, -0.15) is 5.10 Å². The van der Waals surface area contributed by atoms with E-state index in [1.165, 1.54) is 5.56 Å². The normalized spacial score (nSPS) is 18.6. The topological polar surface area (TPSA) is 54.7 Å². The summed E-state index contributed by atoms with van der Waals surface area (Å²) in [6.07, 6.45) is 5.80. The highest BCUT2D eigenvalue weighted by Gasteiger charge is 2.52. The molecule has 7 heteroatoms. The predicted octanol–water partition coefficient (Wildman–Crippen LogP) is 3.58. The Morgan fingerprint density at radius 1 is 1.07 bits per heavy atom. The van der Waals surface area contributed by atoms with Gasteiger partial charge in [0.1, 0.15) is 0 Å². The largest absolute Gasteiger partial charge is 0.498 e. The number of rotatable bonds is 11. The van der Waals surface area contributed by atoms with E-state index >= 15 is 0 Å². The van der Waals surface area contributed by atoms with Crippen LogP contribution in [0.1, 0.15) is 53.0 Å². The highest BCUT2D eigenvalue weighted by atomic mass is 16.7. The second-order valence-corrected chi connectivity index (χ2v) is 8.99. The molecule has 0 N–H and O–H groups in total. The molecule has 3 rings (SSSR count). The number of hydrogen-bond donors (Lipinski definition) is 0. The molecule has 6 nitrogen and oxygen atoms in total. The second kappa shape index (κ2) is 10.1. The van der Waals surface area contributed by atoms with Crippen molar-refractivity contribution >= 4 is 12.6 Å². The van der Waals surface area contributed by atoms with Gasteiger partial charge in [0.05, 0.1) is 23.9 Å². The van der Waals surface area contributed by atoms with Crippen molar-refractivity contribution in [2.75, 3.05) is 13.2 Å². The van der Waals surface area contributed by atoms with Gasteiger partial charge in [0.15, 0.2) is 0 Å². The fourth-order valence-electron chi connectivity index (χ4n) is 3.21. The zero-order valence-electron chi connectivity index (χ0n) is 19.0. The van der Waals surface area contributed by atoms with E-state index in [9.17, 15) is 0 Å². The Hall–Kier alpha value is -1.67. The van der Waals surface area contributed by atoms with Crippen LogP contribution in [0.2, 0.25) is 0 Å². The van der Waals surface area contributed by atoms with Crippen LogP contribution in [0, 0.1) is 0 Å². The molecule has 1 aliphatic heterocycles. The molecule has 0 aliphatic carbocycles. The maximum Gasteiger partial charge on any atom is 0.498 e. The molecule has 164 valence electrons. The molecule has 0 unspecified atom stereocenters. The molecule has 30 heavy (non-hydrogen) atoms. The van der Waals surface area contributed by atoms with Gasteiger partial charge in [-0.05, 0) is 53.0 Å². The fraction of sp³-hybridized carbons (Fsp3) is 0.609. The molecule has 1 atom stereocenters.